The maximum absolute atomic E-state index is 12.2. The van der Waals surface area contributed by atoms with Gasteiger partial charge in [-0.15, -0.1) is 0 Å². The van der Waals surface area contributed by atoms with Crippen molar-refractivity contribution in [3.8, 4) is 0 Å². The molecule has 0 spiro atoms. The van der Waals surface area contributed by atoms with Crippen LogP contribution < -0.4 is 5.32 Å². The lowest BCUT2D eigenvalue weighted by atomic mass is 9.96. The number of nitrogens with one attached hydrogen (secondary N) is 1. The molecule has 1 N–H and O–H groups in total. The molecule has 1 amide bonds. The van der Waals surface area contributed by atoms with Crippen LogP contribution in [0.1, 0.15) is 31.2 Å². The molecular formula is C18H26N2O2. The summed E-state index contributed by atoms with van der Waals surface area (Å²) >= 11 is 0. The molecule has 0 atom stereocenters. The zero-order valence-electron chi connectivity index (χ0n) is 13.4. The fourth-order valence-electron chi connectivity index (χ4n) is 3.34. The van der Waals surface area contributed by atoms with Gasteiger partial charge in [-0.3, -0.25) is 9.69 Å². The lowest BCUT2D eigenvalue weighted by Crippen LogP contribution is -2.44. The first kappa shape index (κ1) is 15.5. The molecule has 1 aromatic rings. The topological polar surface area (TPSA) is 41.6 Å². The number of carbonyl (C=O) groups excluding carboxylic acids is 1. The first-order chi connectivity index (χ1) is 10.7. The van der Waals surface area contributed by atoms with Crippen LogP contribution in [0.3, 0.4) is 0 Å². The number of hydrogen-bond donors (Lipinski definition) is 1. The summed E-state index contributed by atoms with van der Waals surface area (Å²) in [5.74, 6) is 0.151. The Morgan fingerprint density at radius 1 is 1.27 bits per heavy atom. The Labute approximate surface area is 132 Å². The van der Waals surface area contributed by atoms with Gasteiger partial charge < -0.3 is 10.1 Å². The lowest BCUT2D eigenvalue weighted by molar-refractivity contribution is -0.123. The molecule has 1 aliphatic carbocycles. The van der Waals surface area contributed by atoms with Crippen molar-refractivity contribution in [2.75, 3.05) is 33.3 Å². The molecular weight excluding hydrogens is 276 g/mol. The Bertz CT molecular complexity index is 491. The van der Waals surface area contributed by atoms with Crippen LogP contribution in [0.15, 0.2) is 30.3 Å². The van der Waals surface area contributed by atoms with Gasteiger partial charge in [-0.1, -0.05) is 30.3 Å². The lowest BCUT2D eigenvalue weighted by Gasteiger charge is -2.30. The smallest absolute Gasteiger partial charge is 0.234 e. The van der Waals surface area contributed by atoms with Crippen molar-refractivity contribution in [1.29, 1.82) is 0 Å². The van der Waals surface area contributed by atoms with E-state index in [0.717, 1.165) is 32.5 Å². The molecule has 1 saturated carbocycles. The average molecular weight is 302 g/mol. The molecule has 0 aromatic heterocycles. The summed E-state index contributed by atoms with van der Waals surface area (Å²) in [5, 5.41) is 3.14. The number of amides is 1. The van der Waals surface area contributed by atoms with E-state index in [2.05, 4.69) is 34.5 Å². The van der Waals surface area contributed by atoms with Crippen molar-refractivity contribution < 1.29 is 9.53 Å². The Balaban J connectivity index is 1.43. The fourth-order valence-corrected chi connectivity index (χ4v) is 3.34. The quantitative estimate of drug-likeness (QED) is 0.873. The predicted octanol–water partition coefficient (Wildman–Crippen LogP) is 1.95. The van der Waals surface area contributed by atoms with E-state index >= 15 is 0 Å². The van der Waals surface area contributed by atoms with E-state index in [9.17, 15) is 4.79 Å². The monoisotopic (exact) mass is 302 g/mol. The van der Waals surface area contributed by atoms with Gasteiger partial charge in [0.05, 0.1) is 12.6 Å². The normalized spacial score (nSPS) is 21.5. The van der Waals surface area contributed by atoms with Gasteiger partial charge in [-0.05, 0) is 31.2 Å². The van der Waals surface area contributed by atoms with Crippen LogP contribution in [0.5, 0.6) is 0 Å². The number of likely N-dealkylation sites (tertiary alicyclic amines) is 1. The first-order valence-corrected chi connectivity index (χ1v) is 8.29. The minimum absolute atomic E-state index is 0.151. The highest BCUT2D eigenvalue weighted by atomic mass is 16.5. The largest absolute Gasteiger partial charge is 0.381 e. The summed E-state index contributed by atoms with van der Waals surface area (Å²) in [5.41, 5.74) is 1.55. The molecule has 4 nitrogen and oxygen atoms in total. The number of carbonyl (C=O) groups is 1. The van der Waals surface area contributed by atoms with Crippen LogP contribution in [0.25, 0.3) is 0 Å². The number of rotatable bonds is 6. The van der Waals surface area contributed by atoms with Crippen molar-refractivity contribution in [3.63, 3.8) is 0 Å². The molecule has 22 heavy (non-hydrogen) atoms. The minimum Gasteiger partial charge on any atom is -0.381 e. The molecule has 2 aliphatic rings. The molecule has 2 fully saturated rings. The summed E-state index contributed by atoms with van der Waals surface area (Å²) in [7, 11) is 1.77. The summed E-state index contributed by atoms with van der Waals surface area (Å²) in [4.78, 5) is 14.4. The van der Waals surface area contributed by atoms with Gasteiger partial charge in [0, 0.05) is 32.2 Å². The van der Waals surface area contributed by atoms with Gasteiger partial charge >= 0.3 is 0 Å². The van der Waals surface area contributed by atoms with Crippen LogP contribution in [0.2, 0.25) is 0 Å². The van der Waals surface area contributed by atoms with E-state index in [0.29, 0.717) is 12.6 Å². The van der Waals surface area contributed by atoms with Crippen LogP contribution in [0, 0.1) is 0 Å². The van der Waals surface area contributed by atoms with Gasteiger partial charge in [0.1, 0.15) is 0 Å². The molecule has 1 aliphatic heterocycles. The van der Waals surface area contributed by atoms with Gasteiger partial charge in [-0.2, -0.15) is 0 Å². The molecule has 4 heteroatoms. The maximum atomic E-state index is 12.2. The number of methoxy groups -OCH3 is 1. The third-order valence-electron chi connectivity index (χ3n) is 5.10. The van der Waals surface area contributed by atoms with E-state index in [4.69, 9.17) is 4.74 Å². The molecule has 1 heterocycles. The highest BCUT2D eigenvalue weighted by molar-refractivity contribution is 5.78. The molecule has 3 rings (SSSR count). The average Bonchev–Trinajstić information content (AvgIpc) is 3.36. The number of hydrogen-bond acceptors (Lipinski definition) is 3. The van der Waals surface area contributed by atoms with Crippen molar-refractivity contribution in [2.24, 2.45) is 0 Å². The van der Waals surface area contributed by atoms with Gasteiger partial charge in [0.25, 0.3) is 0 Å². The molecule has 120 valence electrons. The third-order valence-corrected chi connectivity index (χ3v) is 5.10. The molecule has 0 unspecified atom stereocenters. The summed E-state index contributed by atoms with van der Waals surface area (Å²) in [6, 6.07) is 10.6. The van der Waals surface area contributed by atoms with E-state index in [1.54, 1.807) is 7.11 Å². The second kappa shape index (κ2) is 6.80. The minimum atomic E-state index is 0.151. The Kier molecular flexibility index (Phi) is 4.79. The molecule has 0 radical (unpaired) electrons. The zero-order chi connectivity index (χ0) is 15.4. The summed E-state index contributed by atoms with van der Waals surface area (Å²) in [6.45, 7) is 3.19. The highest BCUT2D eigenvalue weighted by Crippen LogP contribution is 2.47. The van der Waals surface area contributed by atoms with Crippen molar-refractivity contribution in [1.82, 2.24) is 10.2 Å². The molecule has 0 bridgehead atoms. The Morgan fingerprint density at radius 2 is 1.95 bits per heavy atom. The third kappa shape index (κ3) is 3.68. The van der Waals surface area contributed by atoms with Crippen LogP contribution in [0.4, 0.5) is 0 Å². The fraction of sp³-hybridized carbons (Fsp3) is 0.611. The number of benzene rings is 1. The number of piperidine rings is 1. The van der Waals surface area contributed by atoms with E-state index in [-0.39, 0.29) is 11.3 Å². The number of ether oxygens (including phenoxy) is 1. The standard InChI is InChI=1S/C18H26N2O2/c1-22-16-7-11-20(12-8-16)13-17(21)19-14-18(9-10-18)15-5-3-2-4-6-15/h2-6,16H,7-14H2,1H3,(H,19,21). The SMILES string of the molecule is COC1CCN(CC(=O)NCC2(c3ccccc3)CC2)CC1. The Morgan fingerprint density at radius 3 is 2.55 bits per heavy atom. The van der Waals surface area contributed by atoms with E-state index in [1.165, 1.54) is 18.4 Å². The van der Waals surface area contributed by atoms with E-state index in [1.807, 2.05) is 6.07 Å². The summed E-state index contributed by atoms with van der Waals surface area (Å²) in [6.07, 6.45) is 4.77. The number of nitrogens with zero attached hydrogens (tertiary/aromatic N) is 1. The van der Waals surface area contributed by atoms with Crippen molar-refractivity contribution >= 4 is 5.91 Å². The highest BCUT2D eigenvalue weighted by Gasteiger charge is 2.44. The molecule has 1 saturated heterocycles. The first-order valence-electron chi connectivity index (χ1n) is 8.29. The van der Waals surface area contributed by atoms with Gasteiger partial charge in [0.2, 0.25) is 5.91 Å². The van der Waals surface area contributed by atoms with Crippen LogP contribution >= 0.6 is 0 Å². The van der Waals surface area contributed by atoms with Crippen LogP contribution in [-0.4, -0.2) is 50.2 Å². The van der Waals surface area contributed by atoms with Crippen molar-refractivity contribution in [2.45, 2.75) is 37.2 Å². The van der Waals surface area contributed by atoms with E-state index < -0.39 is 0 Å². The second-order valence-corrected chi connectivity index (χ2v) is 6.63. The predicted molar refractivity (Wildman–Crippen MR) is 86.8 cm³/mol. The zero-order valence-corrected chi connectivity index (χ0v) is 13.4. The van der Waals surface area contributed by atoms with Crippen LogP contribution in [-0.2, 0) is 14.9 Å². The Hall–Kier alpha value is -1.39. The molecule has 1 aromatic carbocycles. The maximum Gasteiger partial charge on any atom is 0.234 e. The van der Waals surface area contributed by atoms with Gasteiger partial charge in [-0.25, -0.2) is 0 Å². The van der Waals surface area contributed by atoms with Crippen molar-refractivity contribution in [3.05, 3.63) is 35.9 Å². The summed E-state index contributed by atoms with van der Waals surface area (Å²) < 4.78 is 5.37. The second-order valence-electron chi connectivity index (χ2n) is 6.63. The van der Waals surface area contributed by atoms with Gasteiger partial charge in [0.15, 0.2) is 0 Å².